The van der Waals surface area contributed by atoms with E-state index in [1.165, 1.54) is 4.90 Å². The van der Waals surface area contributed by atoms with E-state index in [-0.39, 0.29) is 18.4 Å². The molecule has 0 atom stereocenters. The summed E-state index contributed by atoms with van der Waals surface area (Å²) >= 11 is 7.90. The van der Waals surface area contributed by atoms with Gasteiger partial charge in [0.25, 0.3) is 5.91 Å². The van der Waals surface area contributed by atoms with Gasteiger partial charge in [-0.25, -0.2) is 0 Å². The molecular formula is C18H18ClIN2O3. The summed E-state index contributed by atoms with van der Waals surface area (Å²) in [5.74, 6) is 0.250. The van der Waals surface area contributed by atoms with E-state index < -0.39 is 0 Å². The highest BCUT2D eigenvalue weighted by atomic mass is 127. The van der Waals surface area contributed by atoms with Crippen molar-refractivity contribution >= 4 is 46.0 Å². The van der Waals surface area contributed by atoms with Crippen molar-refractivity contribution in [2.24, 2.45) is 0 Å². The van der Waals surface area contributed by atoms with Gasteiger partial charge in [-0.3, -0.25) is 9.59 Å². The number of nitrogens with one attached hydrogen (secondary N) is 1. The number of ether oxygens (including phenoxy) is 1. The molecule has 0 radical (unpaired) electrons. The molecule has 25 heavy (non-hydrogen) atoms. The molecule has 2 rings (SSSR count). The van der Waals surface area contributed by atoms with Crippen molar-refractivity contribution in [2.75, 3.05) is 26.7 Å². The van der Waals surface area contributed by atoms with Crippen LogP contribution in [0.4, 0.5) is 0 Å². The Labute approximate surface area is 165 Å². The summed E-state index contributed by atoms with van der Waals surface area (Å²) in [6.07, 6.45) is 0. The molecule has 0 bridgehead atoms. The molecule has 2 aromatic rings. The summed E-state index contributed by atoms with van der Waals surface area (Å²) in [5.41, 5.74) is 0.560. The maximum absolute atomic E-state index is 12.1. The first kappa shape index (κ1) is 19.5. The summed E-state index contributed by atoms with van der Waals surface area (Å²) in [6, 6.07) is 14.2. The summed E-state index contributed by atoms with van der Waals surface area (Å²) in [6.45, 7) is 0.718. The Morgan fingerprint density at radius 1 is 1.16 bits per heavy atom. The highest BCUT2D eigenvalue weighted by Crippen LogP contribution is 2.15. The molecule has 132 valence electrons. The molecule has 2 aromatic carbocycles. The summed E-state index contributed by atoms with van der Waals surface area (Å²) in [7, 11) is 1.67. The van der Waals surface area contributed by atoms with Crippen molar-refractivity contribution in [3.05, 3.63) is 62.7 Å². The van der Waals surface area contributed by atoms with Gasteiger partial charge in [-0.1, -0.05) is 23.7 Å². The minimum absolute atomic E-state index is 0.0543. The fourth-order valence-electron chi connectivity index (χ4n) is 1.99. The Morgan fingerprint density at radius 3 is 2.52 bits per heavy atom. The van der Waals surface area contributed by atoms with Gasteiger partial charge in [0.2, 0.25) is 5.91 Å². The second-order valence-electron chi connectivity index (χ2n) is 5.28. The van der Waals surface area contributed by atoms with Crippen LogP contribution in [0.1, 0.15) is 10.4 Å². The van der Waals surface area contributed by atoms with Gasteiger partial charge in [0.05, 0.1) is 18.7 Å². The van der Waals surface area contributed by atoms with Crippen LogP contribution < -0.4 is 10.1 Å². The molecular weight excluding hydrogens is 455 g/mol. The largest absolute Gasteiger partial charge is 0.492 e. The van der Waals surface area contributed by atoms with Crippen molar-refractivity contribution in [3.8, 4) is 5.75 Å². The number of carbonyl (C=O) groups excluding carboxylic acids is 2. The topological polar surface area (TPSA) is 58.6 Å². The Balaban J connectivity index is 1.73. The van der Waals surface area contributed by atoms with E-state index in [4.69, 9.17) is 16.3 Å². The molecule has 0 aromatic heterocycles. The number of halogens is 2. The maximum Gasteiger partial charge on any atom is 0.252 e. The number of hydrogen-bond donors (Lipinski definition) is 1. The smallest absolute Gasteiger partial charge is 0.252 e. The van der Waals surface area contributed by atoms with Gasteiger partial charge in [-0.05, 0) is 59.0 Å². The molecule has 2 amide bonds. The summed E-state index contributed by atoms with van der Waals surface area (Å²) < 4.78 is 6.39. The number of carbonyl (C=O) groups is 2. The van der Waals surface area contributed by atoms with Crippen LogP contribution in [0.2, 0.25) is 5.02 Å². The highest BCUT2D eigenvalue weighted by molar-refractivity contribution is 14.1. The normalized spacial score (nSPS) is 10.2. The average molecular weight is 473 g/mol. The van der Waals surface area contributed by atoms with Crippen molar-refractivity contribution < 1.29 is 14.3 Å². The fourth-order valence-corrected chi connectivity index (χ4v) is 2.75. The SMILES string of the molecule is CN(CCOc1ccc(Cl)cc1)C(=O)CNC(=O)c1ccccc1I. The minimum Gasteiger partial charge on any atom is -0.492 e. The lowest BCUT2D eigenvalue weighted by molar-refractivity contribution is -0.129. The first-order valence-electron chi connectivity index (χ1n) is 7.62. The van der Waals surface area contributed by atoms with Gasteiger partial charge < -0.3 is 15.0 Å². The van der Waals surface area contributed by atoms with Crippen LogP contribution in [-0.4, -0.2) is 43.5 Å². The second-order valence-corrected chi connectivity index (χ2v) is 6.88. The van der Waals surface area contributed by atoms with Gasteiger partial charge in [0.15, 0.2) is 0 Å². The van der Waals surface area contributed by atoms with Crippen LogP contribution in [0.15, 0.2) is 48.5 Å². The number of rotatable bonds is 7. The maximum atomic E-state index is 12.1. The molecule has 0 saturated carbocycles. The molecule has 5 nitrogen and oxygen atoms in total. The van der Waals surface area contributed by atoms with Crippen LogP contribution >= 0.6 is 34.2 Å². The van der Waals surface area contributed by atoms with E-state index in [2.05, 4.69) is 27.9 Å². The molecule has 7 heteroatoms. The van der Waals surface area contributed by atoms with E-state index in [1.54, 1.807) is 43.4 Å². The number of nitrogens with zero attached hydrogens (tertiary/aromatic N) is 1. The lowest BCUT2D eigenvalue weighted by Crippen LogP contribution is -2.39. The van der Waals surface area contributed by atoms with Gasteiger partial charge >= 0.3 is 0 Å². The molecule has 0 unspecified atom stereocenters. The Kier molecular flexibility index (Phi) is 7.52. The van der Waals surface area contributed by atoms with Crippen LogP contribution in [0.25, 0.3) is 0 Å². The van der Waals surface area contributed by atoms with Gasteiger partial charge in [-0.2, -0.15) is 0 Å². The van der Waals surface area contributed by atoms with E-state index in [1.807, 2.05) is 12.1 Å². The van der Waals surface area contributed by atoms with Gasteiger partial charge in [0, 0.05) is 15.6 Å². The van der Waals surface area contributed by atoms with Crippen molar-refractivity contribution in [2.45, 2.75) is 0 Å². The standard InChI is InChI=1S/C18H18ClIN2O3/c1-22(10-11-25-14-8-6-13(19)7-9-14)17(23)12-21-18(24)15-4-2-3-5-16(15)20/h2-9H,10-12H2,1H3,(H,21,24). The predicted octanol–water partition coefficient (Wildman–Crippen LogP) is 3.21. The quantitative estimate of drug-likeness (QED) is 0.630. The van der Waals surface area contributed by atoms with E-state index in [0.29, 0.717) is 29.5 Å². The van der Waals surface area contributed by atoms with Crippen molar-refractivity contribution in [3.63, 3.8) is 0 Å². The van der Waals surface area contributed by atoms with E-state index >= 15 is 0 Å². The average Bonchev–Trinajstić information content (AvgIpc) is 2.61. The Morgan fingerprint density at radius 2 is 1.84 bits per heavy atom. The second kappa shape index (κ2) is 9.62. The number of benzene rings is 2. The number of hydrogen-bond acceptors (Lipinski definition) is 3. The van der Waals surface area contributed by atoms with Gasteiger partial charge in [-0.15, -0.1) is 0 Å². The van der Waals surface area contributed by atoms with Crippen LogP contribution in [0.5, 0.6) is 5.75 Å². The Bertz CT molecular complexity index is 737. The summed E-state index contributed by atoms with van der Waals surface area (Å²) in [5, 5.41) is 3.29. The molecule has 0 spiro atoms. The predicted molar refractivity (Wildman–Crippen MR) is 106 cm³/mol. The third-order valence-electron chi connectivity index (χ3n) is 3.45. The van der Waals surface area contributed by atoms with Crippen LogP contribution in [-0.2, 0) is 4.79 Å². The van der Waals surface area contributed by atoms with Crippen molar-refractivity contribution in [1.82, 2.24) is 10.2 Å². The molecule has 0 aliphatic heterocycles. The Hall–Kier alpha value is -1.80. The van der Waals surface area contributed by atoms with E-state index in [0.717, 1.165) is 3.57 Å². The monoisotopic (exact) mass is 472 g/mol. The minimum atomic E-state index is -0.260. The van der Waals surface area contributed by atoms with Gasteiger partial charge in [0.1, 0.15) is 12.4 Å². The summed E-state index contributed by atoms with van der Waals surface area (Å²) in [4.78, 5) is 25.7. The first-order valence-corrected chi connectivity index (χ1v) is 9.08. The lowest BCUT2D eigenvalue weighted by Gasteiger charge is -2.18. The number of likely N-dealkylation sites (N-methyl/N-ethyl adjacent to an activating group) is 1. The van der Waals surface area contributed by atoms with Crippen LogP contribution in [0, 0.1) is 3.57 Å². The fraction of sp³-hybridized carbons (Fsp3) is 0.222. The van der Waals surface area contributed by atoms with Crippen molar-refractivity contribution in [1.29, 1.82) is 0 Å². The molecule has 1 N–H and O–H groups in total. The van der Waals surface area contributed by atoms with E-state index in [9.17, 15) is 9.59 Å². The number of amides is 2. The molecule has 0 aliphatic carbocycles. The third-order valence-corrected chi connectivity index (χ3v) is 4.65. The lowest BCUT2D eigenvalue weighted by atomic mass is 10.2. The molecule has 0 heterocycles. The molecule has 0 fully saturated rings. The third kappa shape index (κ3) is 6.21. The zero-order valence-electron chi connectivity index (χ0n) is 13.7. The molecule has 0 aliphatic rings. The highest BCUT2D eigenvalue weighted by Gasteiger charge is 2.13. The van der Waals surface area contributed by atoms with Crippen LogP contribution in [0.3, 0.4) is 0 Å². The zero-order chi connectivity index (χ0) is 18.2. The zero-order valence-corrected chi connectivity index (χ0v) is 16.6. The first-order chi connectivity index (χ1) is 12.0. The molecule has 0 saturated heterocycles.